The van der Waals surface area contributed by atoms with Crippen molar-refractivity contribution < 1.29 is 28.2 Å². The zero-order valence-corrected chi connectivity index (χ0v) is 9.69. The number of phenolic OH excluding ortho intramolecular Hbond substituents is 2. The van der Waals surface area contributed by atoms with E-state index in [2.05, 4.69) is 5.10 Å². The predicted molar refractivity (Wildman–Crippen MR) is 61.3 cm³/mol. The number of rotatable bonds is 2. The molecule has 2 aromatic rings. The van der Waals surface area contributed by atoms with Crippen LogP contribution in [0, 0.1) is 0 Å². The summed E-state index contributed by atoms with van der Waals surface area (Å²) in [6.45, 7) is 0. The maximum Gasteiger partial charge on any atom is 0.432 e. The fraction of sp³-hybridized carbons (Fsp3) is 0.0909. The lowest BCUT2D eigenvalue weighted by Crippen LogP contribution is -2.12. The van der Waals surface area contributed by atoms with Crippen molar-refractivity contribution in [1.29, 1.82) is 0 Å². The van der Waals surface area contributed by atoms with E-state index in [-0.39, 0.29) is 5.82 Å². The average molecular weight is 287 g/mol. The first-order valence-electron chi connectivity index (χ1n) is 5.24. The molecule has 9 heteroatoms. The Labute approximate surface area is 109 Å². The van der Waals surface area contributed by atoms with E-state index >= 15 is 0 Å². The summed E-state index contributed by atoms with van der Waals surface area (Å²) in [5, 5.41) is 25.9. The maximum absolute atomic E-state index is 12.3. The van der Waals surface area contributed by atoms with E-state index in [9.17, 15) is 28.2 Å². The third-order valence-corrected chi connectivity index (χ3v) is 2.37. The van der Waals surface area contributed by atoms with E-state index in [1.807, 2.05) is 5.32 Å². The fourth-order valence-corrected chi connectivity index (χ4v) is 1.47. The summed E-state index contributed by atoms with van der Waals surface area (Å²) < 4.78 is 37.0. The summed E-state index contributed by atoms with van der Waals surface area (Å²) in [5.74, 6) is -2.38. The van der Waals surface area contributed by atoms with Gasteiger partial charge in [0.2, 0.25) is 0 Å². The predicted octanol–water partition coefficient (Wildman–Crippen LogP) is 2.09. The van der Waals surface area contributed by atoms with E-state index in [0.717, 1.165) is 12.1 Å². The molecule has 6 nitrogen and oxygen atoms in total. The Morgan fingerprint density at radius 3 is 2.35 bits per heavy atom. The van der Waals surface area contributed by atoms with Crippen molar-refractivity contribution in [1.82, 2.24) is 10.2 Å². The number of amides is 1. The first-order valence-corrected chi connectivity index (χ1v) is 5.24. The molecule has 0 radical (unpaired) electrons. The second kappa shape index (κ2) is 4.76. The Hall–Kier alpha value is -2.71. The molecule has 0 atom stereocenters. The molecule has 1 aromatic carbocycles. The number of aromatic amines is 1. The van der Waals surface area contributed by atoms with E-state index in [1.165, 1.54) is 6.07 Å². The van der Waals surface area contributed by atoms with Crippen LogP contribution in [-0.4, -0.2) is 26.3 Å². The Balaban J connectivity index is 2.22. The molecule has 0 bridgehead atoms. The van der Waals surface area contributed by atoms with Gasteiger partial charge in [0, 0.05) is 6.07 Å². The smallest absolute Gasteiger partial charge is 0.432 e. The summed E-state index contributed by atoms with van der Waals surface area (Å²) in [6.07, 6.45) is -4.62. The van der Waals surface area contributed by atoms with Crippen molar-refractivity contribution in [3.05, 3.63) is 35.5 Å². The molecule has 2 rings (SSSR count). The standard InChI is InChI=1S/C11H8F3N3O3/c12-11(13,14)7-4-8(17-16-7)15-10(20)9-5(18)2-1-3-6(9)19/h1-4,18-19H,(H2,15,16,17,20). The van der Waals surface area contributed by atoms with Crippen molar-refractivity contribution in [2.45, 2.75) is 6.18 Å². The Kier molecular flexibility index (Phi) is 3.26. The van der Waals surface area contributed by atoms with Crippen molar-refractivity contribution in [3.8, 4) is 11.5 Å². The molecule has 1 aromatic heterocycles. The zero-order valence-electron chi connectivity index (χ0n) is 9.69. The van der Waals surface area contributed by atoms with Crippen LogP contribution in [-0.2, 0) is 6.18 Å². The first-order chi connectivity index (χ1) is 9.29. The zero-order chi connectivity index (χ0) is 14.9. The van der Waals surface area contributed by atoms with Gasteiger partial charge in [0.05, 0.1) is 0 Å². The highest BCUT2D eigenvalue weighted by Gasteiger charge is 2.33. The number of hydrogen-bond donors (Lipinski definition) is 4. The van der Waals surface area contributed by atoms with Crippen LogP contribution in [0.3, 0.4) is 0 Å². The number of carbonyl (C=O) groups excluding carboxylic acids is 1. The van der Waals surface area contributed by atoms with Crippen LogP contribution in [0.4, 0.5) is 19.0 Å². The normalized spacial score (nSPS) is 11.3. The summed E-state index contributed by atoms with van der Waals surface area (Å²) in [4.78, 5) is 11.7. The third kappa shape index (κ3) is 2.66. The van der Waals surface area contributed by atoms with Crippen LogP contribution in [0.15, 0.2) is 24.3 Å². The van der Waals surface area contributed by atoms with Crippen molar-refractivity contribution >= 4 is 11.7 Å². The minimum absolute atomic E-state index is 0.384. The van der Waals surface area contributed by atoms with Gasteiger partial charge in [0.1, 0.15) is 22.8 Å². The molecule has 0 saturated carbocycles. The van der Waals surface area contributed by atoms with Crippen LogP contribution < -0.4 is 5.32 Å². The number of aromatic hydroxyl groups is 2. The number of carbonyl (C=O) groups is 1. The van der Waals surface area contributed by atoms with Gasteiger partial charge in [-0.3, -0.25) is 9.89 Å². The number of alkyl halides is 3. The molecule has 1 heterocycles. The minimum atomic E-state index is -4.62. The van der Waals surface area contributed by atoms with Crippen LogP contribution >= 0.6 is 0 Å². The van der Waals surface area contributed by atoms with Gasteiger partial charge >= 0.3 is 6.18 Å². The number of nitrogens with one attached hydrogen (secondary N) is 2. The summed E-state index contributed by atoms with van der Waals surface area (Å²) >= 11 is 0. The Bertz CT molecular complexity index is 632. The number of H-pyrrole nitrogens is 1. The van der Waals surface area contributed by atoms with Gasteiger partial charge in [-0.05, 0) is 12.1 Å². The van der Waals surface area contributed by atoms with Gasteiger partial charge in [0.15, 0.2) is 5.82 Å². The third-order valence-electron chi connectivity index (χ3n) is 2.37. The Morgan fingerprint density at radius 2 is 1.85 bits per heavy atom. The number of halogens is 3. The van der Waals surface area contributed by atoms with Gasteiger partial charge < -0.3 is 15.5 Å². The number of hydrogen-bond acceptors (Lipinski definition) is 4. The molecule has 0 aliphatic rings. The largest absolute Gasteiger partial charge is 0.507 e. The molecule has 0 fully saturated rings. The summed E-state index contributed by atoms with van der Waals surface area (Å²) in [5.41, 5.74) is -1.58. The van der Waals surface area contributed by atoms with E-state index in [4.69, 9.17) is 0 Å². The highest BCUT2D eigenvalue weighted by Crippen LogP contribution is 2.30. The van der Waals surface area contributed by atoms with Crippen molar-refractivity contribution in [3.63, 3.8) is 0 Å². The van der Waals surface area contributed by atoms with Gasteiger partial charge in [-0.1, -0.05) is 6.07 Å². The topological polar surface area (TPSA) is 98.2 Å². The molecule has 106 valence electrons. The quantitative estimate of drug-likeness (QED) is 0.679. The summed E-state index contributed by atoms with van der Waals surface area (Å²) in [7, 11) is 0. The Morgan fingerprint density at radius 1 is 1.25 bits per heavy atom. The van der Waals surface area contributed by atoms with E-state index < -0.39 is 34.8 Å². The fourth-order valence-electron chi connectivity index (χ4n) is 1.47. The monoisotopic (exact) mass is 287 g/mol. The van der Waals surface area contributed by atoms with Gasteiger partial charge in [-0.2, -0.15) is 18.3 Å². The minimum Gasteiger partial charge on any atom is -0.507 e. The lowest BCUT2D eigenvalue weighted by Gasteiger charge is -2.06. The molecule has 0 spiro atoms. The van der Waals surface area contributed by atoms with Crippen molar-refractivity contribution in [2.24, 2.45) is 0 Å². The van der Waals surface area contributed by atoms with Crippen LogP contribution in [0.2, 0.25) is 0 Å². The molecule has 0 aliphatic carbocycles. The second-order valence-electron chi connectivity index (χ2n) is 3.79. The summed E-state index contributed by atoms with van der Waals surface area (Å²) in [6, 6.07) is 4.20. The number of aromatic nitrogens is 2. The van der Waals surface area contributed by atoms with Crippen LogP contribution in [0.1, 0.15) is 16.1 Å². The molecule has 0 saturated heterocycles. The highest BCUT2D eigenvalue weighted by molar-refractivity contribution is 6.07. The number of phenols is 2. The van der Waals surface area contributed by atoms with E-state index in [0.29, 0.717) is 6.07 Å². The molecule has 20 heavy (non-hydrogen) atoms. The molecule has 1 amide bonds. The molecular weight excluding hydrogens is 279 g/mol. The maximum atomic E-state index is 12.3. The molecule has 4 N–H and O–H groups in total. The van der Waals surface area contributed by atoms with Gasteiger partial charge in [-0.25, -0.2) is 0 Å². The first kappa shape index (κ1) is 13.7. The van der Waals surface area contributed by atoms with Crippen LogP contribution in [0.25, 0.3) is 0 Å². The SMILES string of the molecule is O=C(Nc1cc(C(F)(F)F)[nH]n1)c1c(O)cccc1O. The average Bonchev–Trinajstić information content (AvgIpc) is 2.76. The number of benzene rings is 1. The molecule has 0 unspecified atom stereocenters. The second-order valence-corrected chi connectivity index (χ2v) is 3.79. The van der Waals surface area contributed by atoms with Crippen LogP contribution in [0.5, 0.6) is 11.5 Å². The van der Waals surface area contributed by atoms with Gasteiger partial charge in [-0.15, -0.1) is 0 Å². The van der Waals surface area contributed by atoms with Gasteiger partial charge in [0.25, 0.3) is 5.91 Å². The molecular formula is C11H8F3N3O3. The number of nitrogens with zero attached hydrogens (tertiary/aromatic N) is 1. The van der Waals surface area contributed by atoms with Crippen molar-refractivity contribution in [2.75, 3.05) is 5.32 Å². The number of anilines is 1. The van der Waals surface area contributed by atoms with E-state index in [1.54, 1.807) is 5.10 Å². The molecule has 0 aliphatic heterocycles. The lowest BCUT2D eigenvalue weighted by molar-refractivity contribution is -0.141. The highest BCUT2D eigenvalue weighted by atomic mass is 19.4. The lowest BCUT2D eigenvalue weighted by atomic mass is 10.1.